The van der Waals surface area contributed by atoms with Gasteiger partial charge in [-0.1, -0.05) is 18.5 Å². The molecule has 0 amide bonds. The minimum absolute atomic E-state index is 0.0608. The van der Waals surface area contributed by atoms with E-state index in [1.54, 1.807) is 25.1 Å². The van der Waals surface area contributed by atoms with Gasteiger partial charge >= 0.3 is 5.69 Å². The second-order valence-electron chi connectivity index (χ2n) is 4.25. The molecule has 0 unspecified atom stereocenters. The predicted molar refractivity (Wildman–Crippen MR) is 80.2 cm³/mol. The van der Waals surface area contributed by atoms with Gasteiger partial charge in [-0.3, -0.25) is 9.78 Å². The standard InChI is InChI=1S/C14H15ClN2O4/c1-4-9-12(15)16-14(19)17(13(9)18)10-7-8(20-2)5-6-11(10)21-3/h5-7H,4H2,1-3H3,(H,16,19). The Hall–Kier alpha value is -2.21. The van der Waals surface area contributed by atoms with Crippen LogP contribution in [0.1, 0.15) is 12.5 Å². The lowest BCUT2D eigenvalue weighted by Crippen LogP contribution is -2.36. The number of nitrogens with zero attached hydrogens (tertiary/aromatic N) is 1. The smallest absolute Gasteiger partial charge is 0.334 e. The van der Waals surface area contributed by atoms with Gasteiger partial charge in [0.15, 0.2) is 0 Å². The lowest BCUT2D eigenvalue weighted by atomic mass is 10.2. The fourth-order valence-electron chi connectivity index (χ4n) is 2.04. The van der Waals surface area contributed by atoms with Crippen molar-refractivity contribution < 1.29 is 9.47 Å². The van der Waals surface area contributed by atoms with Gasteiger partial charge in [-0.2, -0.15) is 0 Å². The Morgan fingerprint density at radius 3 is 2.52 bits per heavy atom. The number of aromatic amines is 1. The molecular formula is C14H15ClN2O4. The third-order valence-electron chi connectivity index (χ3n) is 3.13. The summed E-state index contributed by atoms with van der Waals surface area (Å²) in [5, 5.41) is 0.0608. The number of methoxy groups -OCH3 is 2. The minimum atomic E-state index is -0.631. The van der Waals surface area contributed by atoms with E-state index >= 15 is 0 Å². The van der Waals surface area contributed by atoms with E-state index in [0.717, 1.165) is 4.57 Å². The van der Waals surface area contributed by atoms with Gasteiger partial charge in [0.05, 0.1) is 25.5 Å². The zero-order valence-corrected chi connectivity index (χ0v) is 12.7. The van der Waals surface area contributed by atoms with Crippen LogP contribution in [-0.2, 0) is 6.42 Å². The highest BCUT2D eigenvalue weighted by Gasteiger charge is 2.16. The van der Waals surface area contributed by atoms with E-state index in [2.05, 4.69) is 4.98 Å². The molecule has 0 aliphatic heterocycles. The van der Waals surface area contributed by atoms with Gasteiger partial charge in [-0.25, -0.2) is 9.36 Å². The Morgan fingerprint density at radius 1 is 1.24 bits per heavy atom. The first-order chi connectivity index (χ1) is 10.0. The van der Waals surface area contributed by atoms with E-state index in [9.17, 15) is 9.59 Å². The molecule has 21 heavy (non-hydrogen) atoms. The van der Waals surface area contributed by atoms with Gasteiger partial charge in [-0.15, -0.1) is 0 Å². The van der Waals surface area contributed by atoms with Gasteiger partial charge in [0, 0.05) is 6.07 Å². The maximum absolute atomic E-state index is 12.5. The van der Waals surface area contributed by atoms with E-state index in [4.69, 9.17) is 21.1 Å². The van der Waals surface area contributed by atoms with Crippen molar-refractivity contribution in [3.8, 4) is 17.2 Å². The Bertz CT molecular complexity index is 780. The van der Waals surface area contributed by atoms with Crippen LogP contribution in [0.5, 0.6) is 11.5 Å². The molecule has 0 aliphatic carbocycles. The number of benzene rings is 1. The molecule has 1 heterocycles. The third kappa shape index (κ3) is 2.67. The molecule has 0 bridgehead atoms. The number of nitrogens with one attached hydrogen (secondary N) is 1. The van der Waals surface area contributed by atoms with Crippen LogP contribution in [0.3, 0.4) is 0 Å². The highest BCUT2D eigenvalue weighted by molar-refractivity contribution is 6.30. The first-order valence-electron chi connectivity index (χ1n) is 6.29. The molecule has 0 saturated carbocycles. The number of rotatable bonds is 4. The second-order valence-corrected chi connectivity index (χ2v) is 4.63. The van der Waals surface area contributed by atoms with Crippen molar-refractivity contribution in [1.29, 1.82) is 0 Å². The van der Waals surface area contributed by atoms with E-state index in [1.165, 1.54) is 14.2 Å². The quantitative estimate of drug-likeness (QED) is 0.873. The van der Waals surface area contributed by atoms with E-state index in [0.29, 0.717) is 29.2 Å². The van der Waals surface area contributed by atoms with Gasteiger partial charge in [-0.05, 0) is 18.6 Å². The average Bonchev–Trinajstić information content (AvgIpc) is 2.47. The summed E-state index contributed by atoms with van der Waals surface area (Å²) < 4.78 is 11.3. The second kappa shape index (κ2) is 6.05. The topological polar surface area (TPSA) is 73.3 Å². The molecule has 1 aromatic heterocycles. The fourth-order valence-corrected chi connectivity index (χ4v) is 2.34. The number of aromatic nitrogens is 2. The Balaban J connectivity index is 2.84. The molecule has 112 valence electrons. The zero-order chi connectivity index (χ0) is 15.6. The molecule has 0 radical (unpaired) electrons. The summed E-state index contributed by atoms with van der Waals surface area (Å²) in [6.45, 7) is 1.79. The molecule has 0 atom stereocenters. The Kier molecular flexibility index (Phi) is 4.37. The molecule has 1 N–H and O–H groups in total. The number of hydrogen-bond acceptors (Lipinski definition) is 4. The molecule has 2 rings (SSSR count). The maximum atomic E-state index is 12.5. The number of ether oxygens (including phenoxy) is 2. The minimum Gasteiger partial charge on any atom is -0.497 e. The molecule has 0 aliphatic rings. The molecule has 7 heteroatoms. The highest BCUT2D eigenvalue weighted by atomic mass is 35.5. The van der Waals surface area contributed by atoms with Crippen LogP contribution in [0.4, 0.5) is 0 Å². The van der Waals surface area contributed by atoms with Crippen LogP contribution in [0.15, 0.2) is 27.8 Å². The van der Waals surface area contributed by atoms with Gasteiger partial charge in [0.25, 0.3) is 5.56 Å². The molecule has 0 saturated heterocycles. The Morgan fingerprint density at radius 2 is 1.95 bits per heavy atom. The van der Waals surface area contributed by atoms with Crippen LogP contribution >= 0.6 is 11.6 Å². The van der Waals surface area contributed by atoms with Crippen LogP contribution in [-0.4, -0.2) is 23.8 Å². The largest absolute Gasteiger partial charge is 0.497 e. The van der Waals surface area contributed by atoms with Gasteiger partial charge in [0.1, 0.15) is 16.7 Å². The summed E-state index contributed by atoms with van der Waals surface area (Å²) in [5.41, 5.74) is -0.470. The first kappa shape index (κ1) is 15.2. The number of halogens is 1. The number of hydrogen-bond donors (Lipinski definition) is 1. The highest BCUT2D eigenvalue weighted by Crippen LogP contribution is 2.26. The van der Waals surface area contributed by atoms with Crippen LogP contribution in [0.25, 0.3) is 5.69 Å². The summed E-state index contributed by atoms with van der Waals surface area (Å²) in [6, 6.07) is 4.86. The van der Waals surface area contributed by atoms with E-state index < -0.39 is 11.2 Å². The fraction of sp³-hybridized carbons (Fsp3) is 0.286. The molecular weight excluding hydrogens is 296 g/mol. The zero-order valence-electron chi connectivity index (χ0n) is 11.9. The lowest BCUT2D eigenvalue weighted by molar-refractivity contribution is 0.401. The third-order valence-corrected chi connectivity index (χ3v) is 3.45. The summed E-state index contributed by atoms with van der Waals surface area (Å²) in [7, 11) is 2.96. The average molecular weight is 311 g/mol. The van der Waals surface area contributed by atoms with Crippen molar-refractivity contribution in [2.45, 2.75) is 13.3 Å². The maximum Gasteiger partial charge on any atom is 0.334 e. The van der Waals surface area contributed by atoms with Crippen molar-refractivity contribution in [3.63, 3.8) is 0 Å². The van der Waals surface area contributed by atoms with Crippen molar-refractivity contribution in [3.05, 3.63) is 49.8 Å². The van der Waals surface area contributed by atoms with E-state index in [1.807, 2.05) is 0 Å². The van der Waals surface area contributed by atoms with Crippen LogP contribution in [0.2, 0.25) is 5.15 Å². The summed E-state index contributed by atoms with van der Waals surface area (Å²) >= 11 is 5.90. The SMILES string of the molecule is CCc1c(Cl)[nH]c(=O)n(-c2cc(OC)ccc2OC)c1=O. The molecule has 0 fully saturated rings. The summed E-state index contributed by atoms with van der Waals surface area (Å²) in [5.74, 6) is 0.887. The molecule has 1 aromatic carbocycles. The lowest BCUT2D eigenvalue weighted by Gasteiger charge is -2.13. The van der Waals surface area contributed by atoms with Crippen molar-refractivity contribution in [2.75, 3.05) is 14.2 Å². The predicted octanol–water partition coefficient (Wildman–Crippen LogP) is 1.76. The normalized spacial score (nSPS) is 10.5. The monoisotopic (exact) mass is 310 g/mol. The number of H-pyrrole nitrogens is 1. The Labute approximate surface area is 125 Å². The van der Waals surface area contributed by atoms with Crippen molar-refractivity contribution >= 4 is 11.6 Å². The molecule has 6 nitrogen and oxygen atoms in total. The van der Waals surface area contributed by atoms with Gasteiger partial charge in [0.2, 0.25) is 0 Å². The molecule has 2 aromatic rings. The summed E-state index contributed by atoms with van der Waals surface area (Å²) in [4.78, 5) is 27.1. The first-order valence-corrected chi connectivity index (χ1v) is 6.67. The van der Waals surface area contributed by atoms with Crippen LogP contribution < -0.4 is 20.7 Å². The van der Waals surface area contributed by atoms with E-state index in [-0.39, 0.29) is 5.15 Å². The summed E-state index contributed by atoms with van der Waals surface area (Å²) in [6.07, 6.45) is 0.404. The van der Waals surface area contributed by atoms with Gasteiger partial charge < -0.3 is 9.47 Å². The van der Waals surface area contributed by atoms with Crippen molar-refractivity contribution in [2.24, 2.45) is 0 Å². The van der Waals surface area contributed by atoms with Crippen LogP contribution in [0, 0.1) is 0 Å². The molecule has 0 spiro atoms. The van der Waals surface area contributed by atoms with Crippen molar-refractivity contribution in [1.82, 2.24) is 9.55 Å².